The van der Waals surface area contributed by atoms with E-state index in [1.54, 1.807) is 6.20 Å². The number of anilines is 1. The Labute approximate surface area is 129 Å². The van der Waals surface area contributed by atoms with Gasteiger partial charge in [-0.15, -0.1) is 21.5 Å². The first-order valence-electron chi connectivity index (χ1n) is 5.85. The molecule has 2 aromatic rings. The molecule has 114 valence electrons. The lowest BCUT2D eigenvalue weighted by Gasteiger charge is -2.13. The predicted molar refractivity (Wildman–Crippen MR) is 79.8 cm³/mol. The van der Waals surface area contributed by atoms with Gasteiger partial charge in [0.05, 0.1) is 5.01 Å². The van der Waals surface area contributed by atoms with E-state index in [2.05, 4.69) is 20.5 Å². The molecule has 0 aliphatic carbocycles. The lowest BCUT2D eigenvalue weighted by Crippen LogP contribution is -2.29. The van der Waals surface area contributed by atoms with Gasteiger partial charge in [-0.1, -0.05) is 11.3 Å². The van der Waals surface area contributed by atoms with E-state index < -0.39 is 10.0 Å². The van der Waals surface area contributed by atoms with E-state index in [9.17, 15) is 13.2 Å². The minimum Gasteiger partial charge on any atom is -0.301 e. The number of thiazole rings is 1. The quantitative estimate of drug-likeness (QED) is 0.776. The van der Waals surface area contributed by atoms with Crippen molar-refractivity contribution in [3.05, 3.63) is 16.6 Å². The number of sulfonamides is 1. The number of hydrogen-bond acceptors (Lipinski definition) is 8. The van der Waals surface area contributed by atoms with Crippen LogP contribution in [0.3, 0.4) is 0 Å². The summed E-state index contributed by atoms with van der Waals surface area (Å²) in [5.41, 5.74) is 0. The number of aromatic nitrogens is 3. The third-order valence-electron chi connectivity index (χ3n) is 2.44. The first-order chi connectivity index (χ1) is 9.89. The van der Waals surface area contributed by atoms with Crippen molar-refractivity contribution in [1.82, 2.24) is 19.5 Å². The second kappa shape index (κ2) is 6.56. The molecule has 2 rings (SSSR count). The second-order valence-corrected chi connectivity index (χ2v) is 8.23. The van der Waals surface area contributed by atoms with Crippen LogP contribution in [0.1, 0.15) is 11.9 Å². The summed E-state index contributed by atoms with van der Waals surface area (Å²) in [6.07, 6.45) is 2.21. The summed E-state index contributed by atoms with van der Waals surface area (Å²) < 4.78 is 25.6. The zero-order valence-corrected chi connectivity index (χ0v) is 13.8. The minimum absolute atomic E-state index is 0.145. The van der Waals surface area contributed by atoms with Crippen molar-refractivity contribution in [1.29, 1.82) is 0 Å². The molecular formula is C10H13N5O3S3. The van der Waals surface area contributed by atoms with Crippen molar-refractivity contribution >= 4 is 43.7 Å². The molecule has 0 radical (unpaired) electrons. The van der Waals surface area contributed by atoms with Crippen LogP contribution in [0, 0.1) is 0 Å². The summed E-state index contributed by atoms with van der Waals surface area (Å²) in [7, 11) is -2.23. The Morgan fingerprint density at radius 2 is 2.19 bits per heavy atom. The zero-order chi connectivity index (χ0) is 15.5. The maximum Gasteiger partial charge on any atom is 0.272 e. The first kappa shape index (κ1) is 15.9. The highest BCUT2D eigenvalue weighted by atomic mass is 32.2. The summed E-state index contributed by atoms with van der Waals surface area (Å²) in [5, 5.41) is 12.5. The Morgan fingerprint density at radius 1 is 1.43 bits per heavy atom. The van der Waals surface area contributed by atoms with Gasteiger partial charge in [0, 0.05) is 38.5 Å². The molecule has 0 atom stereocenters. The molecule has 0 bridgehead atoms. The molecule has 0 saturated carbocycles. The van der Waals surface area contributed by atoms with Crippen molar-refractivity contribution in [3.63, 3.8) is 0 Å². The molecule has 11 heteroatoms. The van der Waals surface area contributed by atoms with Gasteiger partial charge < -0.3 is 5.32 Å². The Kier molecular flexibility index (Phi) is 4.98. The fourth-order valence-electron chi connectivity index (χ4n) is 1.40. The number of carbonyl (C=O) groups excluding carboxylic acids is 1. The molecule has 0 unspecified atom stereocenters. The Hall–Kier alpha value is -1.43. The minimum atomic E-state index is -3.70. The van der Waals surface area contributed by atoms with E-state index in [-0.39, 0.29) is 15.4 Å². The average molecular weight is 347 g/mol. The maximum atomic E-state index is 12.3. The molecule has 0 aliphatic heterocycles. The average Bonchev–Trinajstić information content (AvgIpc) is 3.06. The molecule has 0 aliphatic rings. The van der Waals surface area contributed by atoms with Crippen molar-refractivity contribution in [2.75, 3.05) is 18.9 Å². The van der Waals surface area contributed by atoms with Crippen LogP contribution >= 0.6 is 22.7 Å². The van der Waals surface area contributed by atoms with Gasteiger partial charge in [0.2, 0.25) is 15.4 Å². The smallest absolute Gasteiger partial charge is 0.272 e. The van der Waals surface area contributed by atoms with E-state index in [0.717, 1.165) is 16.3 Å². The molecule has 0 aromatic carbocycles. The third-order valence-corrected chi connectivity index (χ3v) is 6.33. The monoisotopic (exact) mass is 347 g/mol. The summed E-state index contributed by atoms with van der Waals surface area (Å²) in [6.45, 7) is 1.61. The van der Waals surface area contributed by atoms with Crippen LogP contribution in [0.2, 0.25) is 0 Å². The highest BCUT2D eigenvalue weighted by Gasteiger charge is 2.25. The van der Waals surface area contributed by atoms with Gasteiger partial charge in [-0.25, -0.2) is 13.4 Å². The number of nitrogens with one attached hydrogen (secondary N) is 1. The molecule has 1 amide bonds. The van der Waals surface area contributed by atoms with Gasteiger partial charge in [-0.2, -0.15) is 4.31 Å². The first-order valence-corrected chi connectivity index (χ1v) is 8.99. The molecule has 8 nitrogen and oxygen atoms in total. The van der Waals surface area contributed by atoms with Crippen LogP contribution in [0.4, 0.5) is 5.13 Å². The predicted octanol–water partition coefficient (Wildman–Crippen LogP) is 0.816. The van der Waals surface area contributed by atoms with E-state index in [1.807, 2.05) is 5.38 Å². The molecule has 0 spiro atoms. The lowest BCUT2D eigenvalue weighted by atomic mass is 10.4. The van der Waals surface area contributed by atoms with Crippen LogP contribution in [0.15, 0.2) is 15.9 Å². The maximum absolute atomic E-state index is 12.3. The van der Waals surface area contributed by atoms with Crippen molar-refractivity contribution in [2.45, 2.75) is 17.7 Å². The number of carbonyl (C=O) groups is 1. The van der Waals surface area contributed by atoms with Gasteiger partial charge >= 0.3 is 0 Å². The van der Waals surface area contributed by atoms with Gasteiger partial charge in [0.15, 0.2) is 0 Å². The van der Waals surface area contributed by atoms with Crippen molar-refractivity contribution in [3.8, 4) is 0 Å². The normalized spacial score (nSPS) is 11.8. The van der Waals surface area contributed by atoms with Crippen molar-refractivity contribution in [2.24, 2.45) is 0 Å². The van der Waals surface area contributed by atoms with Crippen LogP contribution in [-0.2, 0) is 21.2 Å². The number of hydrogen-bond donors (Lipinski definition) is 1. The zero-order valence-electron chi connectivity index (χ0n) is 11.3. The molecule has 0 fully saturated rings. The molecule has 2 aromatic heterocycles. The van der Waals surface area contributed by atoms with Gasteiger partial charge in [0.25, 0.3) is 10.0 Å². The van der Waals surface area contributed by atoms with Gasteiger partial charge in [-0.05, 0) is 0 Å². The fraction of sp³-hybridized carbons (Fsp3) is 0.400. The summed E-state index contributed by atoms with van der Waals surface area (Å²) in [4.78, 5) is 15.0. The highest BCUT2D eigenvalue weighted by Crippen LogP contribution is 2.22. The van der Waals surface area contributed by atoms with Gasteiger partial charge in [-0.3, -0.25) is 4.79 Å². The molecular weight excluding hydrogens is 334 g/mol. The van der Waals surface area contributed by atoms with E-state index in [1.165, 1.54) is 29.6 Å². The summed E-state index contributed by atoms with van der Waals surface area (Å²) in [6, 6.07) is 0. The third kappa shape index (κ3) is 4.03. The number of rotatable bonds is 6. The Morgan fingerprint density at radius 3 is 2.81 bits per heavy atom. The lowest BCUT2D eigenvalue weighted by molar-refractivity contribution is -0.114. The standard InChI is InChI=1S/C10H13N5O3S3/c1-7(16)12-9-13-14-10(20-9)21(17,18)15(2)5-3-8-11-4-6-19-8/h4,6H,3,5H2,1-2H3,(H,12,13,16). The molecule has 2 heterocycles. The van der Waals surface area contributed by atoms with E-state index >= 15 is 0 Å². The Balaban J connectivity index is 2.05. The van der Waals surface area contributed by atoms with Crippen molar-refractivity contribution < 1.29 is 13.2 Å². The SMILES string of the molecule is CC(=O)Nc1nnc(S(=O)(=O)N(C)CCc2nccs2)s1. The number of amides is 1. The number of nitrogens with zero attached hydrogens (tertiary/aromatic N) is 4. The molecule has 21 heavy (non-hydrogen) atoms. The number of likely N-dealkylation sites (N-methyl/N-ethyl adjacent to an activating group) is 1. The fourth-order valence-corrected chi connectivity index (χ4v) is 4.31. The van der Waals surface area contributed by atoms with Crippen LogP contribution in [-0.4, -0.2) is 47.4 Å². The van der Waals surface area contributed by atoms with Crippen LogP contribution in [0.25, 0.3) is 0 Å². The largest absolute Gasteiger partial charge is 0.301 e. The second-order valence-electron chi connectivity index (χ2n) is 4.06. The summed E-state index contributed by atoms with van der Waals surface area (Å²) >= 11 is 2.30. The highest BCUT2D eigenvalue weighted by molar-refractivity contribution is 7.91. The molecule has 0 saturated heterocycles. The van der Waals surface area contributed by atoms with Gasteiger partial charge in [0.1, 0.15) is 0 Å². The Bertz CT molecular complexity index is 710. The van der Waals surface area contributed by atoms with E-state index in [4.69, 9.17) is 0 Å². The topological polar surface area (TPSA) is 105 Å². The molecule has 1 N–H and O–H groups in total. The summed E-state index contributed by atoms with van der Waals surface area (Å²) in [5.74, 6) is -0.327. The van der Waals surface area contributed by atoms with Crippen LogP contribution in [0.5, 0.6) is 0 Å². The van der Waals surface area contributed by atoms with Crippen LogP contribution < -0.4 is 5.32 Å². The van der Waals surface area contributed by atoms with E-state index in [0.29, 0.717) is 13.0 Å².